The van der Waals surface area contributed by atoms with Crippen molar-refractivity contribution in [1.29, 1.82) is 5.26 Å². The SMILES string of the molecule is CCC(C)C(C)(O)CNC(C)c1ccc(OCC#N)cc1. The molecule has 0 bridgehead atoms. The first-order valence-electron chi connectivity index (χ1n) is 7.46. The molecule has 4 heteroatoms. The number of hydrogen-bond donors (Lipinski definition) is 2. The molecule has 0 aromatic heterocycles. The van der Waals surface area contributed by atoms with Crippen molar-refractivity contribution in [3.8, 4) is 11.8 Å². The van der Waals surface area contributed by atoms with Gasteiger partial charge in [-0.05, 0) is 37.5 Å². The largest absolute Gasteiger partial charge is 0.479 e. The maximum atomic E-state index is 10.4. The second kappa shape index (κ2) is 8.02. The third-order valence-corrected chi connectivity index (χ3v) is 4.12. The number of hydrogen-bond acceptors (Lipinski definition) is 4. The van der Waals surface area contributed by atoms with Crippen molar-refractivity contribution in [2.24, 2.45) is 5.92 Å². The Bertz CT molecular complexity index is 463. The van der Waals surface area contributed by atoms with Crippen LogP contribution in [0.25, 0.3) is 0 Å². The van der Waals surface area contributed by atoms with E-state index in [-0.39, 0.29) is 18.6 Å². The number of benzene rings is 1. The molecule has 0 spiro atoms. The highest BCUT2D eigenvalue weighted by atomic mass is 16.5. The molecule has 0 radical (unpaired) electrons. The van der Waals surface area contributed by atoms with Crippen LogP contribution in [-0.4, -0.2) is 23.9 Å². The molecule has 0 saturated carbocycles. The zero-order chi connectivity index (χ0) is 15.9. The summed E-state index contributed by atoms with van der Waals surface area (Å²) in [6.07, 6.45) is 0.952. The molecule has 3 unspecified atom stereocenters. The number of nitrogens with zero attached hydrogens (tertiary/aromatic N) is 1. The Labute approximate surface area is 127 Å². The van der Waals surface area contributed by atoms with Gasteiger partial charge in [-0.3, -0.25) is 0 Å². The molecule has 116 valence electrons. The Hall–Kier alpha value is -1.57. The highest BCUT2D eigenvalue weighted by Gasteiger charge is 2.27. The second-order valence-corrected chi connectivity index (χ2v) is 5.78. The maximum Gasteiger partial charge on any atom is 0.174 e. The van der Waals surface area contributed by atoms with Crippen LogP contribution in [0.2, 0.25) is 0 Å². The number of nitrogens with one attached hydrogen (secondary N) is 1. The Morgan fingerprint density at radius 3 is 2.48 bits per heavy atom. The van der Waals surface area contributed by atoms with Crippen LogP contribution in [0.15, 0.2) is 24.3 Å². The number of nitriles is 1. The molecule has 0 aliphatic heterocycles. The van der Waals surface area contributed by atoms with Crippen LogP contribution < -0.4 is 10.1 Å². The molecule has 3 atom stereocenters. The van der Waals surface area contributed by atoms with E-state index < -0.39 is 5.60 Å². The van der Waals surface area contributed by atoms with E-state index in [4.69, 9.17) is 10.00 Å². The van der Waals surface area contributed by atoms with Crippen LogP contribution in [-0.2, 0) is 0 Å². The van der Waals surface area contributed by atoms with Crippen molar-refractivity contribution < 1.29 is 9.84 Å². The molecule has 0 fully saturated rings. The van der Waals surface area contributed by atoms with Crippen LogP contribution >= 0.6 is 0 Å². The van der Waals surface area contributed by atoms with E-state index >= 15 is 0 Å². The van der Waals surface area contributed by atoms with Gasteiger partial charge in [0.1, 0.15) is 11.8 Å². The standard InChI is InChI=1S/C17H26N2O2/c1-5-13(2)17(4,20)12-19-14(3)15-6-8-16(9-7-15)21-11-10-18/h6-9,13-14,19-20H,5,11-12H2,1-4H3. The van der Waals surface area contributed by atoms with Crippen LogP contribution in [0.1, 0.15) is 45.7 Å². The lowest BCUT2D eigenvalue weighted by molar-refractivity contribution is 0.00365. The van der Waals surface area contributed by atoms with Crippen molar-refractivity contribution in [2.75, 3.05) is 13.2 Å². The third-order valence-electron chi connectivity index (χ3n) is 4.12. The van der Waals surface area contributed by atoms with E-state index in [0.29, 0.717) is 12.3 Å². The summed E-state index contributed by atoms with van der Waals surface area (Å²) in [5.41, 5.74) is 0.415. The Kier molecular flexibility index (Phi) is 6.67. The van der Waals surface area contributed by atoms with Crippen LogP contribution in [0, 0.1) is 17.2 Å². The minimum atomic E-state index is -0.709. The highest BCUT2D eigenvalue weighted by molar-refractivity contribution is 5.29. The minimum Gasteiger partial charge on any atom is -0.479 e. The maximum absolute atomic E-state index is 10.4. The van der Waals surface area contributed by atoms with Gasteiger partial charge >= 0.3 is 0 Å². The third kappa shape index (κ3) is 5.37. The molecule has 1 aromatic carbocycles. The summed E-state index contributed by atoms with van der Waals surface area (Å²) in [5, 5.41) is 22.3. The van der Waals surface area contributed by atoms with Gasteiger partial charge in [0.15, 0.2) is 6.61 Å². The van der Waals surface area contributed by atoms with E-state index in [0.717, 1.165) is 12.0 Å². The summed E-state index contributed by atoms with van der Waals surface area (Å²) < 4.78 is 5.23. The first-order valence-corrected chi connectivity index (χ1v) is 7.46. The van der Waals surface area contributed by atoms with Crippen molar-refractivity contribution in [2.45, 2.75) is 45.8 Å². The molecule has 2 N–H and O–H groups in total. The van der Waals surface area contributed by atoms with Crippen molar-refractivity contribution in [3.63, 3.8) is 0 Å². The van der Waals surface area contributed by atoms with Gasteiger partial charge in [0.2, 0.25) is 0 Å². The number of rotatable bonds is 8. The van der Waals surface area contributed by atoms with E-state index in [1.807, 2.05) is 37.3 Å². The smallest absolute Gasteiger partial charge is 0.174 e. The average Bonchev–Trinajstić information content (AvgIpc) is 2.50. The number of aliphatic hydroxyl groups is 1. The lowest BCUT2D eigenvalue weighted by Gasteiger charge is -2.31. The zero-order valence-electron chi connectivity index (χ0n) is 13.4. The Morgan fingerprint density at radius 1 is 1.33 bits per heavy atom. The quantitative estimate of drug-likeness (QED) is 0.772. The van der Waals surface area contributed by atoms with E-state index in [1.165, 1.54) is 0 Å². The fourth-order valence-electron chi connectivity index (χ4n) is 2.06. The minimum absolute atomic E-state index is 0.0604. The molecular formula is C17H26N2O2. The Morgan fingerprint density at radius 2 is 1.95 bits per heavy atom. The van der Waals surface area contributed by atoms with Crippen molar-refractivity contribution >= 4 is 0 Å². The van der Waals surface area contributed by atoms with Gasteiger partial charge in [-0.25, -0.2) is 0 Å². The molecule has 4 nitrogen and oxygen atoms in total. The molecule has 0 aliphatic carbocycles. The zero-order valence-corrected chi connectivity index (χ0v) is 13.4. The number of ether oxygens (including phenoxy) is 1. The van der Waals surface area contributed by atoms with Crippen LogP contribution in [0.3, 0.4) is 0 Å². The molecule has 0 amide bonds. The lowest BCUT2D eigenvalue weighted by atomic mass is 9.88. The second-order valence-electron chi connectivity index (χ2n) is 5.78. The van der Waals surface area contributed by atoms with E-state index in [2.05, 4.69) is 26.1 Å². The molecule has 21 heavy (non-hydrogen) atoms. The highest BCUT2D eigenvalue weighted by Crippen LogP contribution is 2.22. The fraction of sp³-hybridized carbons (Fsp3) is 0.588. The molecule has 0 aliphatic rings. The monoisotopic (exact) mass is 290 g/mol. The topological polar surface area (TPSA) is 65.3 Å². The normalized spacial score (nSPS) is 16.6. The summed E-state index contributed by atoms with van der Waals surface area (Å²) in [4.78, 5) is 0. The van der Waals surface area contributed by atoms with Gasteiger partial charge < -0.3 is 15.2 Å². The van der Waals surface area contributed by atoms with E-state index in [1.54, 1.807) is 0 Å². The van der Waals surface area contributed by atoms with Gasteiger partial charge in [-0.2, -0.15) is 5.26 Å². The average molecular weight is 290 g/mol. The lowest BCUT2D eigenvalue weighted by Crippen LogP contribution is -2.43. The predicted octanol–water partition coefficient (Wildman–Crippen LogP) is 3.04. The van der Waals surface area contributed by atoms with Crippen molar-refractivity contribution in [3.05, 3.63) is 29.8 Å². The van der Waals surface area contributed by atoms with Gasteiger partial charge in [-0.15, -0.1) is 0 Å². The summed E-state index contributed by atoms with van der Waals surface area (Å²) in [5.74, 6) is 0.943. The first kappa shape index (κ1) is 17.5. The van der Waals surface area contributed by atoms with Gasteiger partial charge in [0, 0.05) is 12.6 Å². The summed E-state index contributed by atoms with van der Waals surface area (Å²) in [6.45, 7) is 8.70. The summed E-state index contributed by atoms with van der Waals surface area (Å²) in [6, 6.07) is 9.75. The van der Waals surface area contributed by atoms with E-state index in [9.17, 15) is 5.11 Å². The first-order chi connectivity index (χ1) is 9.90. The Balaban J connectivity index is 2.56. The molecule has 0 saturated heterocycles. The summed E-state index contributed by atoms with van der Waals surface area (Å²) >= 11 is 0. The summed E-state index contributed by atoms with van der Waals surface area (Å²) in [7, 11) is 0. The molecule has 0 heterocycles. The van der Waals surface area contributed by atoms with Crippen molar-refractivity contribution in [1.82, 2.24) is 5.32 Å². The molecule has 1 aromatic rings. The van der Waals surface area contributed by atoms with Gasteiger partial charge in [0.05, 0.1) is 5.60 Å². The van der Waals surface area contributed by atoms with Gasteiger partial charge in [-0.1, -0.05) is 32.4 Å². The van der Waals surface area contributed by atoms with Gasteiger partial charge in [0.25, 0.3) is 0 Å². The van der Waals surface area contributed by atoms with Crippen LogP contribution in [0.4, 0.5) is 0 Å². The molecule has 1 rings (SSSR count). The van der Waals surface area contributed by atoms with Crippen LogP contribution in [0.5, 0.6) is 5.75 Å². The molecular weight excluding hydrogens is 264 g/mol. The fourth-order valence-corrected chi connectivity index (χ4v) is 2.06. The predicted molar refractivity (Wildman–Crippen MR) is 84.0 cm³/mol.